The van der Waals surface area contributed by atoms with Crippen molar-refractivity contribution in [3.8, 4) is 0 Å². The van der Waals surface area contributed by atoms with Crippen LogP contribution in [0.5, 0.6) is 0 Å². The smallest absolute Gasteiger partial charge is 0.0594 e. The lowest BCUT2D eigenvalue weighted by Crippen LogP contribution is -2.53. The molecule has 0 radical (unpaired) electrons. The fraction of sp³-hybridized carbons (Fsp3) is 1.00. The Morgan fingerprint density at radius 2 is 2.00 bits per heavy atom. The summed E-state index contributed by atoms with van der Waals surface area (Å²) in [5, 5.41) is 0. The molecule has 110 valence electrons. The van der Waals surface area contributed by atoms with Gasteiger partial charge in [0.1, 0.15) is 0 Å². The zero-order chi connectivity index (χ0) is 13.3. The molecule has 2 aliphatic heterocycles. The molecule has 3 fully saturated rings. The van der Waals surface area contributed by atoms with Crippen molar-refractivity contribution in [2.75, 3.05) is 45.9 Å². The van der Waals surface area contributed by atoms with Crippen molar-refractivity contribution >= 4 is 0 Å². The van der Waals surface area contributed by atoms with Crippen LogP contribution >= 0.6 is 0 Å². The zero-order valence-corrected chi connectivity index (χ0v) is 12.3. The minimum absolute atomic E-state index is 0.320. The van der Waals surface area contributed by atoms with Crippen LogP contribution in [0, 0.1) is 5.92 Å². The lowest BCUT2D eigenvalue weighted by atomic mass is 9.94. The van der Waals surface area contributed by atoms with E-state index in [4.69, 9.17) is 10.5 Å². The van der Waals surface area contributed by atoms with Gasteiger partial charge in [-0.1, -0.05) is 6.92 Å². The highest BCUT2D eigenvalue weighted by molar-refractivity contribution is 5.02. The van der Waals surface area contributed by atoms with Crippen LogP contribution in [-0.4, -0.2) is 67.3 Å². The first-order valence-electron chi connectivity index (χ1n) is 8.00. The molecule has 2 N–H and O–H groups in total. The summed E-state index contributed by atoms with van der Waals surface area (Å²) < 4.78 is 5.47. The van der Waals surface area contributed by atoms with Gasteiger partial charge in [0.05, 0.1) is 13.2 Å². The Morgan fingerprint density at radius 1 is 1.21 bits per heavy atom. The third-order valence-electron chi connectivity index (χ3n) is 5.61. The number of morpholine rings is 1. The largest absolute Gasteiger partial charge is 0.379 e. The van der Waals surface area contributed by atoms with Crippen molar-refractivity contribution in [1.82, 2.24) is 9.80 Å². The molecule has 0 amide bonds. The van der Waals surface area contributed by atoms with E-state index in [1.54, 1.807) is 0 Å². The van der Waals surface area contributed by atoms with Crippen LogP contribution in [0.2, 0.25) is 0 Å². The molecule has 4 heteroatoms. The van der Waals surface area contributed by atoms with E-state index in [2.05, 4.69) is 16.7 Å². The van der Waals surface area contributed by atoms with E-state index in [9.17, 15) is 0 Å². The van der Waals surface area contributed by atoms with E-state index in [0.29, 0.717) is 5.54 Å². The first kappa shape index (κ1) is 13.8. The van der Waals surface area contributed by atoms with Crippen molar-refractivity contribution in [1.29, 1.82) is 0 Å². The third-order valence-corrected chi connectivity index (χ3v) is 5.61. The van der Waals surface area contributed by atoms with Gasteiger partial charge in [0.2, 0.25) is 0 Å². The maximum absolute atomic E-state index is 6.16. The summed E-state index contributed by atoms with van der Waals surface area (Å²) in [4.78, 5) is 5.35. The van der Waals surface area contributed by atoms with Crippen LogP contribution in [0.3, 0.4) is 0 Å². The van der Waals surface area contributed by atoms with E-state index in [0.717, 1.165) is 44.8 Å². The van der Waals surface area contributed by atoms with Gasteiger partial charge in [-0.25, -0.2) is 0 Å². The van der Waals surface area contributed by atoms with Crippen molar-refractivity contribution in [3.63, 3.8) is 0 Å². The van der Waals surface area contributed by atoms with Crippen LogP contribution in [0.1, 0.15) is 32.6 Å². The van der Waals surface area contributed by atoms with E-state index >= 15 is 0 Å². The molecule has 1 aliphatic carbocycles. The lowest BCUT2D eigenvalue weighted by molar-refractivity contribution is 0.0148. The molecule has 3 aliphatic rings. The molecule has 4 nitrogen and oxygen atoms in total. The fourth-order valence-electron chi connectivity index (χ4n) is 4.38. The van der Waals surface area contributed by atoms with Gasteiger partial charge in [-0.2, -0.15) is 0 Å². The lowest BCUT2D eigenvalue weighted by Gasteiger charge is -2.39. The summed E-state index contributed by atoms with van der Waals surface area (Å²) in [5.41, 5.74) is 6.48. The van der Waals surface area contributed by atoms with Crippen LogP contribution in [0.4, 0.5) is 0 Å². The molecule has 1 saturated carbocycles. The molecule has 2 heterocycles. The van der Waals surface area contributed by atoms with E-state index < -0.39 is 0 Å². The van der Waals surface area contributed by atoms with Crippen molar-refractivity contribution < 1.29 is 4.74 Å². The highest BCUT2D eigenvalue weighted by atomic mass is 16.5. The standard InChI is InChI=1S/C15H29N3O/c1-13-2-4-15(10-13,12-16)18-5-3-14(11-18)17-6-8-19-9-7-17/h13-14H,2-12,16H2,1H3. The quantitative estimate of drug-likeness (QED) is 0.825. The molecule has 19 heavy (non-hydrogen) atoms. The molecule has 3 unspecified atom stereocenters. The second kappa shape index (κ2) is 5.68. The summed E-state index contributed by atoms with van der Waals surface area (Å²) in [7, 11) is 0. The Hall–Kier alpha value is -0.160. The molecule has 3 atom stereocenters. The third kappa shape index (κ3) is 2.68. The van der Waals surface area contributed by atoms with Gasteiger partial charge in [0.15, 0.2) is 0 Å². The highest BCUT2D eigenvalue weighted by Crippen LogP contribution is 2.40. The maximum Gasteiger partial charge on any atom is 0.0594 e. The van der Waals surface area contributed by atoms with Gasteiger partial charge < -0.3 is 10.5 Å². The predicted octanol–water partition coefficient (Wildman–Crippen LogP) is 0.910. The first-order valence-corrected chi connectivity index (χ1v) is 8.00. The molecule has 3 rings (SSSR count). The number of hydrogen-bond acceptors (Lipinski definition) is 4. The fourth-order valence-corrected chi connectivity index (χ4v) is 4.38. The van der Waals surface area contributed by atoms with Gasteiger partial charge in [0.25, 0.3) is 0 Å². The van der Waals surface area contributed by atoms with Crippen LogP contribution in [-0.2, 0) is 4.74 Å². The van der Waals surface area contributed by atoms with Gasteiger partial charge in [-0.05, 0) is 31.6 Å². The van der Waals surface area contributed by atoms with E-state index in [1.807, 2.05) is 0 Å². The number of ether oxygens (including phenoxy) is 1. The first-order chi connectivity index (χ1) is 9.23. The summed E-state index contributed by atoms with van der Waals surface area (Å²) in [6.07, 6.45) is 5.28. The molecule has 0 bridgehead atoms. The van der Waals surface area contributed by atoms with Crippen molar-refractivity contribution in [2.24, 2.45) is 11.7 Å². The monoisotopic (exact) mass is 267 g/mol. The summed E-state index contributed by atoms with van der Waals surface area (Å²) in [6, 6.07) is 0.739. The molecule has 2 saturated heterocycles. The Balaban J connectivity index is 1.61. The summed E-state index contributed by atoms with van der Waals surface area (Å²) >= 11 is 0. The van der Waals surface area contributed by atoms with Gasteiger partial charge in [-0.15, -0.1) is 0 Å². The van der Waals surface area contributed by atoms with Gasteiger partial charge in [0, 0.05) is 44.3 Å². The second-order valence-electron chi connectivity index (χ2n) is 6.81. The van der Waals surface area contributed by atoms with Gasteiger partial charge in [-0.3, -0.25) is 9.80 Å². The number of nitrogens with two attached hydrogens (primary N) is 1. The molecule has 0 spiro atoms. The van der Waals surface area contributed by atoms with Gasteiger partial charge >= 0.3 is 0 Å². The molecule has 0 aromatic rings. The number of hydrogen-bond donors (Lipinski definition) is 1. The maximum atomic E-state index is 6.16. The zero-order valence-electron chi connectivity index (χ0n) is 12.3. The Labute approximate surface area is 117 Å². The molecule has 0 aromatic carbocycles. The second-order valence-corrected chi connectivity index (χ2v) is 6.81. The van der Waals surface area contributed by atoms with Crippen LogP contribution in [0.25, 0.3) is 0 Å². The average molecular weight is 267 g/mol. The minimum atomic E-state index is 0.320. The predicted molar refractivity (Wildman–Crippen MR) is 77.2 cm³/mol. The summed E-state index contributed by atoms with van der Waals surface area (Å²) in [5.74, 6) is 0.853. The molecular formula is C15H29N3O. The van der Waals surface area contributed by atoms with E-state index in [1.165, 1.54) is 38.8 Å². The molecule has 0 aromatic heterocycles. The van der Waals surface area contributed by atoms with Crippen LogP contribution < -0.4 is 5.73 Å². The Kier molecular flexibility index (Phi) is 4.13. The minimum Gasteiger partial charge on any atom is -0.379 e. The van der Waals surface area contributed by atoms with Crippen molar-refractivity contribution in [2.45, 2.75) is 44.2 Å². The topological polar surface area (TPSA) is 41.7 Å². The number of nitrogens with zero attached hydrogens (tertiary/aromatic N) is 2. The average Bonchev–Trinajstić information content (AvgIpc) is 3.07. The Bertz CT molecular complexity index is 306. The van der Waals surface area contributed by atoms with E-state index in [-0.39, 0.29) is 0 Å². The Morgan fingerprint density at radius 3 is 2.63 bits per heavy atom. The summed E-state index contributed by atoms with van der Waals surface area (Å²) in [6.45, 7) is 9.75. The van der Waals surface area contributed by atoms with Crippen molar-refractivity contribution in [3.05, 3.63) is 0 Å². The number of likely N-dealkylation sites (tertiary alicyclic amines) is 1. The molecular weight excluding hydrogens is 238 g/mol. The highest BCUT2D eigenvalue weighted by Gasteiger charge is 2.44. The SMILES string of the molecule is CC1CCC(CN)(N2CCC(N3CCOCC3)C2)C1. The normalized spacial score (nSPS) is 42.0. The number of rotatable bonds is 3. The van der Waals surface area contributed by atoms with Crippen LogP contribution in [0.15, 0.2) is 0 Å².